The second kappa shape index (κ2) is 12.9. The Balaban J connectivity index is 1.57. The second-order valence-corrected chi connectivity index (χ2v) is 14.2. The lowest BCUT2D eigenvalue weighted by Crippen LogP contribution is -2.70. The molecule has 2 aromatic carbocycles. The molecule has 0 radical (unpaired) electrons. The number of nitrogens with zero attached hydrogens (tertiary/aromatic N) is 1. The smallest absolute Gasteiger partial charge is 0.408 e. The number of methoxy groups -OCH3 is 1. The minimum absolute atomic E-state index is 0.0704. The van der Waals surface area contributed by atoms with E-state index in [1.807, 2.05) is 36.4 Å². The highest BCUT2D eigenvalue weighted by Gasteiger charge is 2.59. The molecule has 0 bridgehead atoms. The van der Waals surface area contributed by atoms with E-state index in [0.717, 1.165) is 4.90 Å². The molecule has 1 fully saturated rings. The van der Waals surface area contributed by atoms with Crippen LogP contribution in [0.25, 0.3) is 0 Å². The third-order valence-electron chi connectivity index (χ3n) is 6.67. The van der Waals surface area contributed by atoms with Gasteiger partial charge in [-0.3, -0.25) is 14.5 Å². The van der Waals surface area contributed by atoms with E-state index in [0.29, 0.717) is 22.9 Å². The molecule has 1 saturated heterocycles. The Morgan fingerprint density at radius 2 is 1.58 bits per heavy atom. The van der Waals surface area contributed by atoms with Crippen LogP contribution in [-0.2, 0) is 38.4 Å². The fourth-order valence-electron chi connectivity index (χ4n) is 4.80. The number of hydrogen-bond donors (Lipinski definition) is 1. The fourth-order valence-corrected chi connectivity index (χ4v) is 7.80. The zero-order valence-electron chi connectivity index (χ0n) is 24.4. The van der Waals surface area contributed by atoms with Gasteiger partial charge in [0.25, 0.3) is 5.91 Å². The summed E-state index contributed by atoms with van der Waals surface area (Å²) in [7, 11) is -2.54. The predicted molar refractivity (Wildman–Crippen MR) is 159 cm³/mol. The summed E-state index contributed by atoms with van der Waals surface area (Å²) in [4.78, 5) is 53.4. The summed E-state index contributed by atoms with van der Waals surface area (Å²) < 4.78 is 41.8. The monoisotopic (exact) mass is 630 g/mol. The molecule has 0 unspecified atom stereocenters. The molecule has 0 saturated carbocycles. The molecule has 0 aromatic heterocycles. The molecule has 0 spiro atoms. The number of hydrogen-bond acceptors (Lipinski definition) is 10. The van der Waals surface area contributed by atoms with Crippen molar-refractivity contribution in [2.24, 2.45) is 0 Å². The van der Waals surface area contributed by atoms with Gasteiger partial charge in [0.05, 0.1) is 11.4 Å². The van der Waals surface area contributed by atoms with Crippen LogP contribution in [-0.4, -0.2) is 78.1 Å². The van der Waals surface area contributed by atoms with Crippen molar-refractivity contribution in [1.82, 2.24) is 10.2 Å². The van der Waals surface area contributed by atoms with Crippen LogP contribution in [0.15, 0.2) is 71.9 Å². The lowest BCUT2D eigenvalue weighted by molar-refractivity contribution is -0.160. The van der Waals surface area contributed by atoms with Gasteiger partial charge in [0.15, 0.2) is 27.4 Å². The number of thioether (sulfide) groups is 1. The Morgan fingerprint density at radius 3 is 2.09 bits per heavy atom. The first-order valence-electron chi connectivity index (χ1n) is 13.5. The van der Waals surface area contributed by atoms with Crippen molar-refractivity contribution in [3.63, 3.8) is 0 Å². The van der Waals surface area contributed by atoms with Crippen LogP contribution >= 0.6 is 11.8 Å². The van der Waals surface area contributed by atoms with E-state index in [-0.39, 0.29) is 17.0 Å². The normalized spacial score (nSPS) is 20.1. The number of β-lactam (4-membered cyclic amide) rings is 1. The van der Waals surface area contributed by atoms with Gasteiger partial charge < -0.3 is 19.5 Å². The summed E-state index contributed by atoms with van der Waals surface area (Å²) in [5.41, 5.74) is 0.656. The highest BCUT2D eigenvalue weighted by Crippen LogP contribution is 2.39. The number of sulfone groups is 1. The summed E-state index contributed by atoms with van der Waals surface area (Å²) in [5.74, 6) is -2.16. The van der Waals surface area contributed by atoms with Crippen LogP contribution < -0.4 is 5.32 Å². The molecule has 2 aliphatic heterocycles. The van der Waals surface area contributed by atoms with Crippen LogP contribution in [0.2, 0.25) is 0 Å². The minimum Gasteiger partial charge on any atom is -0.451 e. The quantitative estimate of drug-likeness (QED) is 0.323. The van der Waals surface area contributed by atoms with Crippen molar-refractivity contribution in [3.05, 3.63) is 83.1 Å². The Bertz CT molecular complexity index is 1480. The number of carbonyl (C=O) groups excluding carboxylic acids is 4. The molecule has 2 aliphatic rings. The summed E-state index contributed by atoms with van der Waals surface area (Å²) in [6, 6.07) is 16.8. The zero-order valence-corrected chi connectivity index (χ0v) is 26.1. The first-order chi connectivity index (χ1) is 20.2. The summed E-state index contributed by atoms with van der Waals surface area (Å²) in [5, 5.41) is 0.570. The number of ether oxygens (including phenoxy) is 3. The molecule has 2 heterocycles. The number of alkyl carbamates (subject to hydrolysis) is 1. The van der Waals surface area contributed by atoms with Crippen LogP contribution in [0.1, 0.15) is 44.9 Å². The molecule has 11 nitrogen and oxygen atoms in total. The number of rotatable bonds is 9. The van der Waals surface area contributed by atoms with E-state index < -0.39 is 67.9 Å². The first kappa shape index (κ1) is 32.2. The summed E-state index contributed by atoms with van der Waals surface area (Å²) in [6.45, 7) is 6.46. The Hall–Kier alpha value is -3.68. The van der Waals surface area contributed by atoms with Crippen molar-refractivity contribution >= 4 is 44.7 Å². The van der Waals surface area contributed by atoms with Crippen LogP contribution in [0.3, 0.4) is 0 Å². The summed E-state index contributed by atoms with van der Waals surface area (Å²) >= 11 is 0.655. The molecular formula is C30H34N2O9S2. The number of nitrogens with one attached hydrogen (secondary N) is 1. The van der Waals surface area contributed by atoms with Crippen molar-refractivity contribution in [2.45, 2.75) is 56.9 Å². The van der Waals surface area contributed by atoms with Gasteiger partial charge in [-0.2, -0.15) is 0 Å². The van der Waals surface area contributed by atoms with Gasteiger partial charge in [-0.15, -0.1) is 0 Å². The molecule has 230 valence electrons. The number of esters is 1. The number of fused-ring (bicyclic) bond motifs is 1. The lowest BCUT2D eigenvalue weighted by Gasteiger charge is -2.48. The SMILES string of the molecule is CO[C@H]1C(=O)N2C(C(=O)SC[C@H](NC(=O)OC(C)(C)C)C(=O)OC(c3ccccc3)c3ccccc3)=C(C)CS(=O)(=O)[C@H]12. The minimum atomic E-state index is -3.76. The molecule has 43 heavy (non-hydrogen) atoms. The van der Waals surface area contributed by atoms with Gasteiger partial charge in [-0.1, -0.05) is 72.4 Å². The fraction of sp³-hybridized carbons (Fsp3) is 0.400. The van der Waals surface area contributed by atoms with E-state index in [4.69, 9.17) is 14.2 Å². The Labute approximate surface area is 254 Å². The Morgan fingerprint density at radius 1 is 1.02 bits per heavy atom. The van der Waals surface area contributed by atoms with Gasteiger partial charge in [0, 0.05) is 12.9 Å². The van der Waals surface area contributed by atoms with Gasteiger partial charge in [0.2, 0.25) is 5.12 Å². The van der Waals surface area contributed by atoms with E-state index in [1.165, 1.54) is 14.0 Å². The van der Waals surface area contributed by atoms with Crippen molar-refractivity contribution < 1.29 is 41.8 Å². The largest absolute Gasteiger partial charge is 0.451 e. The molecule has 2 amide bonds. The number of amides is 2. The second-order valence-electron chi connectivity index (χ2n) is 11.1. The first-order valence-corrected chi connectivity index (χ1v) is 16.2. The zero-order chi connectivity index (χ0) is 31.5. The molecule has 13 heteroatoms. The third kappa shape index (κ3) is 7.28. The maximum absolute atomic E-state index is 13.6. The highest BCUT2D eigenvalue weighted by molar-refractivity contribution is 8.14. The predicted octanol–water partition coefficient (Wildman–Crippen LogP) is 3.36. The standard InChI is InChI=1S/C30H34N2O9S2/c1-18-17-43(37,38)26-24(39-5)25(33)32(26)22(18)28(35)42-16-21(31-29(36)41-30(2,3)4)27(34)40-23(19-12-8-6-9-13-19)20-14-10-7-11-15-20/h6-15,21,23-24,26H,16-17H2,1-5H3,(H,31,36)/t21-,24-,26+/m0/s1. The topological polar surface area (TPSA) is 145 Å². The van der Waals surface area contributed by atoms with Gasteiger partial charge in [0.1, 0.15) is 11.6 Å². The highest BCUT2D eigenvalue weighted by atomic mass is 32.2. The molecule has 4 rings (SSSR count). The average molecular weight is 631 g/mol. The molecular weight excluding hydrogens is 596 g/mol. The van der Waals surface area contributed by atoms with E-state index in [2.05, 4.69) is 5.32 Å². The Kier molecular flexibility index (Phi) is 9.67. The van der Waals surface area contributed by atoms with E-state index in [1.54, 1.807) is 45.0 Å². The van der Waals surface area contributed by atoms with Crippen molar-refractivity contribution in [2.75, 3.05) is 18.6 Å². The number of carbonyl (C=O) groups is 4. The maximum atomic E-state index is 13.6. The van der Waals surface area contributed by atoms with Crippen molar-refractivity contribution in [3.8, 4) is 0 Å². The molecule has 2 aromatic rings. The average Bonchev–Trinajstić information content (AvgIpc) is 2.94. The number of benzene rings is 2. The maximum Gasteiger partial charge on any atom is 0.408 e. The van der Waals surface area contributed by atoms with Gasteiger partial charge >= 0.3 is 12.1 Å². The van der Waals surface area contributed by atoms with Crippen LogP contribution in [0.4, 0.5) is 4.79 Å². The summed E-state index contributed by atoms with van der Waals surface area (Å²) in [6.07, 6.45) is -2.90. The third-order valence-corrected chi connectivity index (χ3v) is 9.65. The van der Waals surface area contributed by atoms with E-state index >= 15 is 0 Å². The van der Waals surface area contributed by atoms with Gasteiger partial charge in [-0.05, 0) is 44.4 Å². The van der Waals surface area contributed by atoms with Crippen LogP contribution in [0.5, 0.6) is 0 Å². The molecule has 3 atom stereocenters. The van der Waals surface area contributed by atoms with Gasteiger partial charge in [-0.25, -0.2) is 18.0 Å². The van der Waals surface area contributed by atoms with Crippen LogP contribution in [0, 0.1) is 0 Å². The molecule has 1 N–H and O–H groups in total. The lowest BCUT2D eigenvalue weighted by atomic mass is 10.0. The van der Waals surface area contributed by atoms with E-state index in [9.17, 15) is 27.6 Å². The van der Waals surface area contributed by atoms with Crippen molar-refractivity contribution in [1.29, 1.82) is 0 Å². The molecule has 0 aliphatic carbocycles.